The van der Waals surface area contributed by atoms with E-state index in [1.54, 1.807) is 13.3 Å². The first-order valence-corrected chi connectivity index (χ1v) is 7.29. The fourth-order valence-electron chi connectivity index (χ4n) is 2.82. The molecule has 2 aromatic rings. The highest BCUT2D eigenvalue weighted by Gasteiger charge is 2.15. The van der Waals surface area contributed by atoms with E-state index in [2.05, 4.69) is 48.8 Å². The molecular weight excluding hydrogens is 250 g/mol. The lowest BCUT2D eigenvalue weighted by atomic mass is 10.1. The molecule has 4 heteroatoms. The maximum Gasteiger partial charge on any atom is 0.141 e. The van der Waals surface area contributed by atoms with E-state index < -0.39 is 0 Å². The van der Waals surface area contributed by atoms with Crippen LogP contribution in [-0.2, 0) is 6.42 Å². The number of hydrogen-bond donors (Lipinski definition) is 1. The number of rotatable bonds is 6. The first-order valence-electron chi connectivity index (χ1n) is 7.29. The normalized spacial score (nSPS) is 12.0. The molecule has 0 fully saturated rings. The number of nitrogens with zero attached hydrogens (tertiary/aromatic N) is 2. The standard InChI is InChI=1S/C16H25N3O/c1-11(2)19(12(3)4)9-7-13-10-18-16-15(13)14(20-5)6-8-17-16/h6,8,10-12H,7,9H2,1-5H3,(H,17,18). The number of nitrogens with one attached hydrogen (secondary N) is 1. The summed E-state index contributed by atoms with van der Waals surface area (Å²) in [5, 5.41) is 1.11. The second-order valence-electron chi connectivity index (χ2n) is 5.73. The molecule has 110 valence electrons. The minimum absolute atomic E-state index is 0.556. The van der Waals surface area contributed by atoms with Crippen LogP contribution in [-0.4, -0.2) is 40.6 Å². The maximum atomic E-state index is 5.45. The van der Waals surface area contributed by atoms with Crippen molar-refractivity contribution in [2.24, 2.45) is 0 Å². The summed E-state index contributed by atoms with van der Waals surface area (Å²) in [6.07, 6.45) is 4.83. The molecular formula is C16H25N3O. The predicted octanol–water partition coefficient (Wildman–Crippen LogP) is 3.23. The Labute approximate surface area is 121 Å². The Bertz CT molecular complexity index is 552. The highest BCUT2D eigenvalue weighted by molar-refractivity contribution is 5.86. The van der Waals surface area contributed by atoms with Gasteiger partial charge in [0, 0.05) is 31.0 Å². The number of methoxy groups -OCH3 is 1. The number of ether oxygens (including phenoxy) is 1. The van der Waals surface area contributed by atoms with Crippen molar-refractivity contribution in [1.29, 1.82) is 0 Å². The molecule has 0 radical (unpaired) electrons. The highest BCUT2D eigenvalue weighted by Crippen LogP contribution is 2.27. The topological polar surface area (TPSA) is 41.1 Å². The van der Waals surface area contributed by atoms with Crippen LogP contribution in [0.5, 0.6) is 5.75 Å². The van der Waals surface area contributed by atoms with Crippen LogP contribution in [0.3, 0.4) is 0 Å². The van der Waals surface area contributed by atoms with Crippen molar-refractivity contribution < 1.29 is 4.74 Å². The average molecular weight is 275 g/mol. The van der Waals surface area contributed by atoms with Crippen LogP contribution in [0.1, 0.15) is 33.3 Å². The van der Waals surface area contributed by atoms with Crippen molar-refractivity contribution in [3.05, 3.63) is 24.0 Å². The predicted molar refractivity (Wildman–Crippen MR) is 83.3 cm³/mol. The van der Waals surface area contributed by atoms with Crippen molar-refractivity contribution in [3.63, 3.8) is 0 Å². The van der Waals surface area contributed by atoms with Gasteiger partial charge in [0.25, 0.3) is 0 Å². The summed E-state index contributed by atoms with van der Waals surface area (Å²) in [6, 6.07) is 3.03. The molecule has 4 nitrogen and oxygen atoms in total. The number of aromatic nitrogens is 2. The van der Waals surface area contributed by atoms with Crippen molar-refractivity contribution in [3.8, 4) is 5.75 Å². The molecule has 20 heavy (non-hydrogen) atoms. The van der Waals surface area contributed by atoms with Gasteiger partial charge in [-0.15, -0.1) is 0 Å². The molecule has 0 spiro atoms. The largest absolute Gasteiger partial charge is 0.496 e. The van der Waals surface area contributed by atoms with E-state index in [4.69, 9.17) is 4.74 Å². The number of H-pyrrole nitrogens is 1. The van der Waals surface area contributed by atoms with Gasteiger partial charge in [-0.2, -0.15) is 0 Å². The zero-order chi connectivity index (χ0) is 14.7. The van der Waals surface area contributed by atoms with E-state index >= 15 is 0 Å². The Hall–Kier alpha value is -1.55. The number of pyridine rings is 1. The third kappa shape index (κ3) is 2.96. The molecule has 1 N–H and O–H groups in total. The molecule has 2 rings (SSSR count). The number of fused-ring (bicyclic) bond motifs is 1. The summed E-state index contributed by atoms with van der Waals surface area (Å²) >= 11 is 0. The lowest BCUT2D eigenvalue weighted by Crippen LogP contribution is -2.38. The monoisotopic (exact) mass is 275 g/mol. The molecule has 0 aromatic carbocycles. The van der Waals surface area contributed by atoms with Crippen molar-refractivity contribution >= 4 is 11.0 Å². The van der Waals surface area contributed by atoms with Crippen LogP contribution in [0.4, 0.5) is 0 Å². The zero-order valence-corrected chi connectivity index (χ0v) is 13.1. The van der Waals surface area contributed by atoms with E-state index in [1.165, 1.54) is 5.56 Å². The quantitative estimate of drug-likeness (QED) is 0.880. The SMILES string of the molecule is COc1ccnc2[nH]cc(CCN(C(C)C)C(C)C)c12. The van der Waals surface area contributed by atoms with Gasteiger partial charge in [0.2, 0.25) is 0 Å². The Balaban J connectivity index is 2.22. The fourth-order valence-corrected chi connectivity index (χ4v) is 2.82. The molecule has 0 saturated carbocycles. The zero-order valence-electron chi connectivity index (χ0n) is 13.1. The molecule has 0 aliphatic rings. The Morgan fingerprint density at radius 2 is 1.95 bits per heavy atom. The smallest absolute Gasteiger partial charge is 0.141 e. The average Bonchev–Trinajstić information content (AvgIpc) is 2.81. The Morgan fingerprint density at radius 1 is 1.25 bits per heavy atom. The molecule has 2 heterocycles. The van der Waals surface area contributed by atoms with Crippen molar-refractivity contribution in [2.75, 3.05) is 13.7 Å². The summed E-state index contributed by atoms with van der Waals surface area (Å²) in [5.41, 5.74) is 2.18. The summed E-state index contributed by atoms with van der Waals surface area (Å²) in [5.74, 6) is 0.895. The molecule has 0 saturated heterocycles. The summed E-state index contributed by atoms with van der Waals surface area (Å²) in [7, 11) is 1.71. The van der Waals surface area contributed by atoms with Crippen LogP contribution in [0, 0.1) is 0 Å². The molecule has 0 amide bonds. The maximum absolute atomic E-state index is 5.45. The van der Waals surface area contributed by atoms with Crippen molar-refractivity contribution in [2.45, 2.75) is 46.2 Å². The van der Waals surface area contributed by atoms with Gasteiger partial charge >= 0.3 is 0 Å². The lowest BCUT2D eigenvalue weighted by molar-refractivity contribution is 0.177. The molecule has 2 aromatic heterocycles. The van der Waals surface area contributed by atoms with E-state index in [0.29, 0.717) is 12.1 Å². The first-order chi connectivity index (χ1) is 9.54. The number of hydrogen-bond acceptors (Lipinski definition) is 3. The first kappa shape index (κ1) is 14.9. The van der Waals surface area contributed by atoms with E-state index in [-0.39, 0.29) is 0 Å². The van der Waals surface area contributed by atoms with E-state index in [9.17, 15) is 0 Å². The lowest BCUT2D eigenvalue weighted by Gasteiger charge is -2.30. The minimum atomic E-state index is 0.556. The second-order valence-corrected chi connectivity index (χ2v) is 5.73. The molecule has 0 unspecified atom stereocenters. The van der Waals surface area contributed by atoms with Gasteiger partial charge in [0.15, 0.2) is 0 Å². The Kier molecular flexibility index (Phi) is 4.65. The van der Waals surface area contributed by atoms with E-state index in [1.807, 2.05) is 6.07 Å². The van der Waals surface area contributed by atoms with Gasteiger partial charge < -0.3 is 9.72 Å². The fraction of sp³-hybridized carbons (Fsp3) is 0.562. The minimum Gasteiger partial charge on any atom is -0.496 e. The summed E-state index contributed by atoms with van der Waals surface area (Å²) in [6.45, 7) is 10.0. The van der Waals surface area contributed by atoms with Gasteiger partial charge in [-0.05, 0) is 45.7 Å². The van der Waals surface area contributed by atoms with Crippen molar-refractivity contribution in [1.82, 2.24) is 14.9 Å². The Morgan fingerprint density at radius 3 is 2.55 bits per heavy atom. The van der Waals surface area contributed by atoms with Gasteiger partial charge in [0.1, 0.15) is 11.4 Å². The van der Waals surface area contributed by atoms with Gasteiger partial charge in [-0.3, -0.25) is 4.90 Å². The summed E-state index contributed by atoms with van der Waals surface area (Å²) in [4.78, 5) is 10.1. The van der Waals surface area contributed by atoms with Crippen LogP contribution in [0.15, 0.2) is 18.5 Å². The number of aromatic amines is 1. The van der Waals surface area contributed by atoms with Gasteiger partial charge in [0.05, 0.1) is 12.5 Å². The third-order valence-electron chi connectivity index (χ3n) is 3.80. The molecule has 0 atom stereocenters. The van der Waals surface area contributed by atoms with Gasteiger partial charge in [-0.1, -0.05) is 0 Å². The van der Waals surface area contributed by atoms with Gasteiger partial charge in [-0.25, -0.2) is 4.98 Å². The van der Waals surface area contributed by atoms with Crippen LogP contribution in [0.2, 0.25) is 0 Å². The second kappa shape index (κ2) is 6.27. The molecule has 0 bridgehead atoms. The third-order valence-corrected chi connectivity index (χ3v) is 3.80. The van der Waals surface area contributed by atoms with Crippen LogP contribution >= 0.6 is 0 Å². The van der Waals surface area contributed by atoms with Crippen LogP contribution < -0.4 is 4.74 Å². The summed E-state index contributed by atoms with van der Waals surface area (Å²) < 4.78 is 5.45. The van der Waals surface area contributed by atoms with Crippen LogP contribution in [0.25, 0.3) is 11.0 Å². The molecule has 0 aliphatic heterocycles. The molecule has 0 aliphatic carbocycles. The van der Waals surface area contributed by atoms with E-state index in [0.717, 1.165) is 29.7 Å². The highest BCUT2D eigenvalue weighted by atomic mass is 16.5.